The first-order valence-corrected chi connectivity index (χ1v) is 15.3. The lowest BCUT2D eigenvalue weighted by atomic mass is 9.33. The van der Waals surface area contributed by atoms with Gasteiger partial charge in [-0.25, -0.2) is 0 Å². The average Bonchev–Trinajstić information content (AvgIpc) is 3.15. The van der Waals surface area contributed by atoms with E-state index in [0.717, 1.165) is 31.3 Å². The summed E-state index contributed by atoms with van der Waals surface area (Å²) < 4.78 is 12.2. The van der Waals surface area contributed by atoms with Crippen LogP contribution in [0.2, 0.25) is 0 Å². The van der Waals surface area contributed by atoms with Crippen molar-refractivity contribution in [2.45, 2.75) is 125 Å². The Labute approximate surface area is 221 Å². The third-order valence-electron chi connectivity index (χ3n) is 13.3. The van der Waals surface area contributed by atoms with Crippen molar-refractivity contribution < 1.29 is 14.3 Å². The minimum atomic E-state index is -0.0107. The minimum absolute atomic E-state index is 0.0107. The highest BCUT2D eigenvalue weighted by Gasteiger charge is 2.71. The van der Waals surface area contributed by atoms with Crippen LogP contribution in [0.1, 0.15) is 119 Å². The standard InChI is InChI=1S/C33H54O3/c1-9-20-35-26(34)13-14-30(6)23(22(2)3)12-15-32(8)25(30)11-10-24-27-28-29(4,5)16-18-33(27,21-36-28)19-17-31(24,32)7/h23-25,27-28H,2,9-21H2,1,3-8H3/t23-,24+,25+,27-,28+,30-,31+,32+,33+/m0/s1. The van der Waals surface area contributed by atoms with E-state index in [1.54, 1.807) is 0 Å². The lowest BCUT2D eigenvalue weighted by Gasteiger charge is -2.71. The van der Waals surface area contributed by atoms with Crippen molar-refractivity contribution in [3.63, 3.8) is 0 Å². The Bertz CT molecular complexity index is 891. The molecule has 0 spiro atoms. The maximum atomic E-state index is 12.6. The van der Waals surface area contributed by atoms with Crippen LogP contribution in [-0.2, 0) is 14.3 Å². The zero-order chi connectivity index (χ0) is 26.1. The Morgan fingerprint density at radius 2 is 1.69 bits per heavy atom. The van der Waals surface area contributed by atoms with Crippen LogP contribution in [0.5, 0.6) is 0 Å². The minimum Gasteiger partial charge on any atom is -0.466 e. The van der Waals surface area contributed by atoms with E-state index < -0.39 is 0 Å². The Kier molecular flexibility index (Phi) is 6.58. The van der Waals surface area contributed by atoms with Gasteiger partial charge in [-0.05, 0) is 122 Å². The smallest absolute Gasteiger partial charge is 0.305 e. The third-order valence-corrected chi connectivity index (χ3v) is 13.3. The summed E-state index contributed by atoms with van der Waals surface area (Å²) in [6.45, 7) is 23.1. The molecule has 1 heterocycles. The topological polar surface area (TPSA) is 35.5 Å². The fourth-order valence-corrected chi connectivity index (χ4v) is 11.2. The molecule has 0 unspecified atom stereocenters. The van der Waals surface area contributed by atoms with Crippen molar-refractivity contribution in [3.8, 4) is 0 Å². The highest BCUT2D eigenvalue weighted by Crippen LogP contribution is 2.76. The number of carbonyl (C=O) groups is 1. The molecule has 3 heteroatoms. The first-order chi connectivity index (χ1) is 16.8. The molecule has 0 radical (unpaired) electrons. The second-order valence-corrected chi connectivity index (χ2v) is 15.3. The quantitative estimate of drug-likeness (QED) is 0.272. The van der Waals surface area contributed by atoms with E-state index in [4.69, 9.17) is 9.47 Å². The van der Waals surface area contributed by atoms with Crippen LogP contribution in [-0.4, -0.2) is 25.3 Å². The second kappa shape index (κ2) is 8.85. The van der Waals surface area contributed by atoms with Gasteiger partial charge in [0, 0.05) is 6.42 Å². The van der Waals surface area contributed by atoms with Crippen molar-refractivity contribution in [2.75, 3.05) is 13.2 Å². The molecular formula is C33H54O3. The molecule has 0 aromatic rings. The molecule has 204 valence electrons. The number of allylic oxidation sites excluding steroid dienone is 1. The van der Waals surface area contributed by atoms with Gasteiger partial charge in [-0.3, -0.25) is 4.79 Å². The molecule has 0 aromatic heterocycles. The molecule has 4 saturated carbocycles. The van der Waals surface area contributed by atoms with E-state index >= 15 is 0 Å². The van der Waals surface area contributed by atoms with Crippen LogP contribution in [0.15, 0.2) is 12.2 Å². The van der Waals surface area contributed by atoms with Crippen LogP contribution in [0.3, 0.4) is 0 Å². The highest BCUT2D eigenvalue weighted by atomic mass is 16.5. The fourth-order valence-electron chi connectivity index (χ4n) is 11.2. The van der Waals surface area contributed by atoms with E-state index in [1.807, 2.05) is 0 Å². The van der Waals surface area contributed by atoms with Crippen molar-refractivity contribution in [1.82, 2.24) is 0 Å². The summed E-state index contributed by atoms with van der Waals surface area (Å²) in [7, 11) is 0. The van der Waals surface area contributed by atoms with Gasteiger partial charge in [0.25, 0.3) is 0 Å². The molecule has 2 bridgehead atoms. The lowest BCUT2D eigenvalue weighted by Crippen LogP contribution is -2.65. The molecule has 4 aliphatic carbocycles. The molecule has 0 aromatic carbocycles. The van der Waals surface area contributed by atoms with E-state index in [2.05, 4.69) is 55.0 Å². The number of rotatable bonds is 6. The van der Waals surface area contributed by atoms with Crippen LogP contribution in [0, 0.1) is 50.7 Å². The monoisotopic (exact) mass is 498 g/mol. The average molecular weight is 499 g/mol. The largest absolute Gasteiger partial charge is 0.466 e. The Morgan fingerprint density at radius 3 is 2.39 bits per heavy atom. The van der Waals surface area contributed by atoms with Crippen molar-refractivity contribution >= 4 is 5.97 Å². The van der Waals surface area contributed by atoms with Crippen LogP contribution in [0.25, 0.3) is 0 Å². The van der Waals surface area contributed by atoms with Gasteiger partial charge in [-0.1, -0.05) is 53.7 Å². The summed E-state index contributed by atoms with van der Waals surface area (Å²) in [6.07, 6.45) is 13.3. The first kappa shape index (κ1) is 26.8. The summed E-state index contributed by atoms with van der Waals surface area (Å²) in [6, 6.07) is 0. The number of esters is 1. The van der Waals surface area contributed by atoms with Gasteiger partial charge in [-0.2, -0.15) is 0 Å². The van der Waals surface area contributed by atoms with Gasteiger partial charge in [0.15, 0.2) is 0 Å². The molecule has 3 nitrogen and oxygen atoms in total. The van der Waals surface area contributed by atoms with Crippen LogP contribution < -0.4 is 0 Å². The van der Waals surface area contributed by atoms with Crippen LogP contribution in [0.4, 0.5) is 0 Å². The fraction of sp³-hybridized carbons (Fsp3) is 0.909. The van der Waals surface area contributed by atoms with Crippen LogP contribution >= 0.6 is 0 Å². The number of ether oxygens (including phenoxy) is 2. The van der Waals surface area contributed by atoms with E-state index in [-0.39, 0.29) is 11.4 Å². The molecular weight excluding hydrogens is 444 g/mol. The molecule has 0 N–H and O–H groups in total. The molecule has 36 heavy (non-hydrogen) atoms. The normalized spacial score (nSPS) is 48.9. The number of hydrogen-bond donors (Lipinski definition) is 0. The number of carbonyl (C=O) groups excluding carboxylic acids is 1. The maximum Gasteiger partial charge on any atom is 0.305 e. The molecule has 1 saturated heterocycles. The molecule has 1 aliphatic heterocycles. The van der Waals surface area contributed by atoms with E-state index in [0.29, 0.717) is 52.6 Å². The Hall–Kier alpha value is -0.830. The van der Waals surface area contributed by atoms with Gasteiger partial charge in [-0.15, -0.1) is 0 Å². The predicted molar refractivity (Wildman–Crippen MR) is 146 cm³/mol. The third kappa shape index (κ3) is 3.64. The SMILES string of the molecule is C=C(C)[C@@H]1CC[C@]2(C)[C@H](CC[C@@H]3[C@H]4[C@H]5OC[C@@]4(CCC5(C)C)CC[C@]32C)[C@@]1(C)CCC(=O)OCCC. The molecule has 0 amide bonds. The second-order valence-electron chi connectivity index (χ2n) is 15.3. The number of hydrogen-bond acceptors (Lipinski definition) is 3. The first-order valence-electron chi connectivity index (χ1n) is 15.3. The van der Waals surface area contributed by atoms with Crippen molar-refractivity contribution in [2.24, 2.45) is 50.7 Å². The van der Waals surface area contributed by atoms with Crippen molar-refractivity contribution in [3.05, 3.63) is 12.2 Å². The molecule has 5 aliphatic rings. The summed E-state index contributed by atoms with van der Waals surface area (Å²) in [5.74, 6) is 2.61. The van der Waals surface area contributed by atoms with Gasteiger partial charge >= 0.3 is 5.97 Å². The highest BCUT2D eigenvalue weighted by molar-refractivity contribution is 5.69. The summed E-state index contributed by atoms with van der Waals surface area (Å²) in [5.41, 5.74) is 2.80. The van der Waals surface area contributed by atoms with Gasteiger partial charge in [0.2, 0.25) is 0 Å². The van der Waals surface area contributed by atoms with Gasteiger partial charge < -0.3 is 9.47 Å². The lowest BCUT2D eigenvalue weighted by molar-refractivity contribution is -0.224. The van der Waals surface area contributed by atoms with Gasteiger partial charge in [0.05, 0.1) is 19.3 Å². The van der Waals surface area contributed by atoms with E-state index in [9.17, 15) is 4.79 Å². The summed E-state index contributed by atoms with van der Waals surface area (Å²) in [4.78, 5) is 12.6. The molecule has 9 atom stereocenters. The van der Waals surface area contributed by atoms with Gasteiger partial charge in [0.1, 0.15) is 0 Å². The number of fused-ring (bicyclic) bond motifs is 3. The molecule has 5 fully saturated rings. The Morgan fingerprint density at radius 1 is 0.972 bits per heavy atom. The van der Waals surface area contributed by atoms with Crippen molar-refractivity contribution in [1.29, 1.82) is 0 Å². The maximum absolute atomic E-state index is 12.6. The summed E-state index contributed by atoms with van der Waals surface area (Å²) in [5, 5.41) is 0. The summed E-state index contributed by atoms with van der Waals surface area (Å²) >= 11 is 0. The zero-order valence-electron chi connectivity index (χ0n) is 24.5. The molecule has 5 rings (SSSR count). The zero-order valence-corrected chi connectivity index (χ0v) is 24.5. The van der Waals surface area contributed by atoms with E-state index in [1.165, 1.54) is 56.9 Å². The predicted octanol–water partition coefficient (Wildman–Crippen LogP) is 8.37. The Balaban J connectivity index is 1.47.